The van der Waals surface area contributed by atoms with Crippen molar-refractivity contribution in [3.8, 4) is 0 Å². The number of aliphatic hydroxyl groups excluding tert-OH is 1. The van der Waals surface area contributed by atoms with Crippen LogP contribution in [-0.2, 0) is 6.54 Å². The van der Waals surface area contributed by atoms with E-state index >= 15 is 0 Å². The molecule has 2 atom stereocenters. The third-order valence-corrected chi connectivity index (χ3v) is 4.23. The highest BCUT2D eigenvalue weighted by molar-refractivity contribution is 5.46. The number of β-amino-alcohol motifs (C(OH)–C–C–N with tert-alkyl or cyclic N) is 1. The van der Waals surface area contributed by atoms with Gasteiger partial charge in [0.25, 0.3) is 0 Å². The molecule has 0 amide bonds. The molecule has 1 aromatic heterocycles. The summed E-state index contributed by atoms with van der Waals surface area (Å²) < 4.78 is 1.82. The summed E-state index contributed by atoms with van der Waals surface area (Å²) in [4.78, 5) is 4.68. The molecule has 0 radical (unpaired) electrons. The van der Waals surface area contributed by atoms with Crippen molar-refractivity contribution in [2.75, 3.05) is 39.0 Å². The van der Waals surface area contributed by atoms with Crippen LogP contribution < -0.4 is 5.73 Å². The van der Waals surface area contributed by atoms with Gasteiger partial charge in [-0.3, -0.25) is 9.58 Å². The van der Waals surface area contributed by atoms with Gasteiger partial charge in [0.15, 0.2) is 0 Å². The molecule has 0 saturated carbocycles. The quantitative estimate of drug-likeness (QED) is 0.818. The third kappa shape index (κ3) is 3.31. The van der Waals surface area contributed by atoms with Gasteiger partial charge in [0, 0.05) is 32.2 Å². The van der Waals surface area contributed by atoms with Gasteiger partial charge < -0.3 is 15.7 Å². The summed E-state index contributed by atoms with van der Waals surface area (Å²) in [5.74, 6) is 0. The zero-order valence-electron chi connectivity index (χ0n) is 13.0. The normalized spacial score (nSPS) is 23.1. The van der Waals surface area contributed by atoms with Gasteiger partial charge in [-0.05, 0) is 27.8 Å². The Morgan fingerprint density at radius 3 is 2.60 bits per heavy atom. The van der Waals surface area contributed by atoms with E-state index in [2.05, 4.69) is 28.9 Å². The monoisotopic (exact) mass is 281 g/mol. The molecule has 1 aliphatic heterocycles. The van der Waals surface area contributed by atoms with Gasteiger partial charge in [0.2, 0.25) is 0 Å². The summed E-state index contributed by atoms with van der Waals surface area (Å²) in [7, 11) is 2.14. The molecular weight excluding hydrogens is 254 g/mol. The molecule has 2 heterocycles. The Balaban J connectivity index is 1.92. The van der Waals surface area contributed by atoms with Gasteiger partial charge in [-0.25, -0.2) is 0 Å². The highest BCUT2D eigenvalue weighted by atomic mass is 16.3. The first-order chi connectivity index (χ1) is 9.38. The van der Waals surface area contributed by atoms with Crippen molar-refractivity contribution in [2.24, 2.45) is 0 Å². The lowest BCUT2D eigenvalue weighted by Crippen LogP contribution is -2.52. The number of likely N-dealkylation sites (N-methyl/N-ethyl adjacent to an activating group) is 1. The Kier molecular flexibility index (Phi) is 4.67. The van der Waals surface area contributed by atoms with Crippen LogP contribution in [0.1, 0.15) is 18.3 Å². The maximum absolute atomic E-state index is 10.3. The molecule has 6 heteroatoms. The lowest BCUT2D eigenvalue weighted by molar-refractivity contribution is 0.0395. The van der Waals surface area contributed by atoms with Gasteiger partial charge in [-0.1, -0.05) is 0 Å². The fourth-order valence-electron chi connectivity index (χ4n) is 2.87. The van der Waals surface area contributed by atoms with E-state index in [4.69, 9.17) is 5.73 Å². The van der Waals surface area contributed by atoms with Crippen LogP contribution in [0, 0.1) is 13.8 Å². The molecule has 0 aromatic carbocycles. The Bertz CT molecular complexity index is 459. The second-order valence-electron chi connectivity index (χ2n) is 6.03. The van der Waals surface area contributed by atoms with Crippen LogP contribution >= 0.6 is 0 Å². The molecule has 0 spiro atoms. The minimum atomic E-state index is -0.418. The first kappa shape index (κ1) is 15.3. The molecule has 0 aliphatic carbocycles. The average Bonchev–Trinajstić information content (AvgIpc) is 2.61. The number of hydrogen-bond donors (Lipinski definition) is 2. The third-order valence-electron chi connectivity index (χ3n) is 4.23. The van der Waals surface area contributed by atoms with Crippen molar-refractivity contribution in [1.29, 1.82) is 0 Å². The van der Waals surface area contributed by atoms with Crippen LogP contribution in [0.5, 0.6) is 0 Å². The number of aryl methyl sites for hydroxylation is 1. The van der Waals surface area contributed by atoms with Crippen LogP contribution in [0.25, 0.3) is 0 Å². The first-order valence-corrected chi connectivity index (χ1v) is 7.28. The number of aliphatic hydroxyl groups is 1. The molecule has 1 aromatic rings. The van der Waals surface area contributed by atoms with E-state index in [-0.39, 0.29) is 0 Å². The Hall–Kier alpha value is -1.11. The number of nitrogens with zero attached hydrogens (tertiary/aromatic N) is 4. The van der Waals surface area contributed by atoms with Crippen molar-refractivity contribution in [3.63, 3.8) is 0 Å². The summed E-state index contributed by atoms with van der Waals surface area (Å²) in [6.07, 6.45) is -0.418. The topological polar surface area (TPSA) is 70.5 Å². The summed E-state index contributed by atoms with van der Waals surface area (Å²) in [6, 6.07) is 0.480. The van der Waals surface area contributed by atoms with Crippen molar-refractivity contribution in [3.05, 3.63) is 11.4 Å². The molecule has 20 heavy (non-hydrogen) atoms. The van der Waals surface area contributed by atoms with Crippen LogP contribution in [0.3, 0.4) is 0 Å². The summed E-state index contributed by atoms with van der Waals surface area (Å²) >= 11 is 0. The maximum Gasteiger partial charge on any atom is 0.0862 e. The Morgan fingerprint density at radius 2 is 2.05 bits per heavy atom. The van der Waals surface area contributed by atoms with E-state index < -0.39 is 6.10 Å². The number of piperazine rings is 1. The van der Waals surface area contributed by atoms with Crippen molar-refractivity contribution in [1.82, 2.24) is 19.6 Å². The average molecular weight is 281 g/mol. The van der Waals surface area contributed by atoms with Crippen molar-refractivity contribution < 1.29 is 5.11 Å². The van der Waals surface area contributed by atoms with E-state index in [0.29, 0.717) is 19.1 Å². The Labute approximate surface area is 121 Å². The van der Waals surface area contributed by atoms with Gasteiger partial charge >= 0.3 is 0 Å². The predicted octanol–water partition coefficient (Wildman–Crippen LogP) is 0.0789. The summed E-state index contributed by atoms with van der Waals surface area (Å²) in [5.41, 5.74) is 8.42. The molecular formula is C14H27N5O. The SMILES string of the molecule is Cc1nn(CC(O)CN2CCN(C)CC2C)c(C)c1N. The van der Waals surface area contributed by atoms with Crippen LogP contribution in [0.4, 0.5) is 5.69 Å². The predicted molar refractivity (Wildman–Crippen MR) is 80.7 cm³/mol. The second kappa shape index (κ2) is 6.11. The summed E-state index contributed by atoms with van der Waals surface area (Å²) in [5, 5.41) is 14.7. The molecule has 1 saturated heterocycles. The highest BCUT2D eigenvalue weighted by Crippen LogP contribution is 2.15. The smallest absolute Gasteiger partial charge is 0.0862 e. The maximum atomic E-state index is 10.3. The van der Waals surface area contributed by atoms with Gasteiger partial charge in [-0.15, -0.1) is 0 Å². The van der Waals surface area contributed by atoms with Crippen LogP contribution in [-0.4, -0.2) is 70.1 Å². The minimum Gasteiger partial charge on any atom is -0.396 e. The van der Waals surface area contributed by atoms with Gasteiger partial charge in [0.1, 0.15) is 0 Å². The molecule has 0 bridgehead atoms. The fourth-order valence-corrected chi connectivity index (χ4v) is 2.87. The number of aromatic nitrogens is 2. The molecule has 114 valence electrons. The zero-order valence-corrected chi connectivity index (χ0v) is 13.0. The van der Waals surface area contributed by atoms with E-state index in [1.165, 1.54) is 0 Å². The number of nitrogens with two attached hydrogens (primary N) is 1. The van der Waals surface area contributed by atoms with Crippen LogP contribution in [0.2, 0.25) is 0 Å². The van der Waals surface area contributed by atoms with Crippen molar-refractivity contribution >= 4 is 5.69 Å². The number of rotatable bonds is 4. The molecule has 1 fully saturated rings. The van der Waals surface area contributed by atoms with Gasteiger partial charge in [0.05, 0.1) is 29.7 Å². The molecule has 2 rings (SSSR count). The molecule has 1 aliphatic rings. The van der Waals surface area contributed by atoms with E-state index in [0.717, 1.165) is 36.7 Å². The van der Waals surface area contributed by atoms with Crippen molar-refractivity contribution in [2.45, 2.75) is 39.5 Å². The number of hydrogen-bond acceptors (Lipinski definition) is 5. The van der Waals surface area contributed by atoms with E-state index in [1.54, 1.807) is 0 Å². The first-order valence-electron chi connectivity index (χ1n) is 7.28. The van der Waals surface area contributed by atoms with E-state index in [1.807, 2.05) is 18.5 Å². The molecule has 2 unspecified atom stereocenters. The van der Waals surface area contributed by atoms with E-state index in [9.17, 15) is 5.11 Å². The molecule has 3 N–H and O–H groups in total. The Morgan fingerprint density at radius 1 is 1.35 bits per heavy atom. The van der Waals surface area contributed by atoms with Gasteiger partial charge in [-0.2, -0.15) is 5.10 Å². The number of anilines is 1. The lowest BCUT2D eigenvalue weighted by Gasteiger charge is -2.39. The lowest BCUT2D eigenvalue weighted by atomic mass is 10.2. The van der Waals surface area contributed by atoms with Crippen LogP contribution in [0.15, 0.2) is 0 Å². The zero-order chi connectivity index (χ0) is 14.9. The molecule has 6 nitrogen and oxygen atoms in total. The number of nitrogen functional groups attached to an aromatic ring is 1. The largest absolute Gasteiger partial charge is 0.396 e. The fraction of sp³-hybridized carbons (Fsp3) is 0.786. The standard InChI is InChI=1S/C14H27N5O/c1-10-7-17(4)5-6-18(10)8-13(20)9-19-12(3)14(15)11(2)16-19/h10,13,20H,5-9,15H2,1-4H3. The second-order valence-corrected chi connectivity index (χ2v) is 6.03. The minimum absolute atomic E-state index is 0.418. The highest BCUT2D eigenvalue weighted by Gasteiger charge is 2.24. The summed E-state index contributed by atoms with van der Waals surface area (Å²) in [6.45, 7) is 10.4.